The van der Waals surface area contributed by atoms with E-state index in [9.17, 15) is 0 Å². The normalized spacial score (nSPS) is 10.3. The zero-order chi connectivity index (χ0) is 13.2. The van der Waals surface area contributed by atoms with Crippen LogP contribution in [0.1, 0.15) is 31.2 Å². The summed E-state index contributed by atoms with van der Waals surface area (Å²) in [5, 5.41) is 7.16. The Morgan fingerprint density at radius 3 is 2.89 bits per heavy atom. The molecule has 18 heavy (non-hydrogen) atoms. The van der Waals surface area contributed by atoms with Crippen LogP contribution in [0.5, 0.6) is 0 Å². The van der Waals surface area contributed by atoms with Gasteiger partial charge in [-0.2, -0.15) is 11.8 Å². The molecule has 0 atom stereocenters. The van der Waals surface area contributed by atoms with Crippen LogP contribution in [0.3, 0.4) is 0 Å². The Balaban J connectivity index is 1.98. The minimum atomic E-state index is 0.764. The van der Waals surface area contributed by atoms with Crippen LogP contribution in [0.15, 0.2) is 6.33 Å². The minimum Gasteiger partial charge on any atom is -0.363 e. The number of hydrogen-bond acceptors (Lipinski definition) is 3. The van der Waals surface area contributed by atoms with E-state index in [4.69, 9.17) is 12.2 Å². The van der Waals surface area contributed by atoms with Crippen molar-refractivity contribution in [1.29, 1.82) is 0 Å². The van der Waals surface area contributed by atoms with E-state index >= 15 is 0 Å². The van der Waals surface area contributed by atoms with Crippen molar-refractivity contribution in [1.82, 2.24) is 20.6 Å². The second-order valence-electron chi connectivity index (χ2n) is 4.06. The molecule has 0 radical (unpaired) electrons. The summed E-state index contributed by atoms with van der Waals surface area (Å²) in [7, 11) is 0. The molecular weight excluding hydrogens is 264 g/mol. The fourth-order valence-electron chi connectivity index (χ4n) is 1.38. The molecule has 0 amide bonds. The monoisotopic (exact) mass is 286 g/mol. The average molecular weight is 286 g/mol. The minimum absolute atomic E-state index is 0.764. The van der Waals surface area contributed by atoms with Gasteiger partial charge in [0.2, 0.25) is 0 Å². The number of nitrogens with zero attached hydrogens (tertiary/aromatic N) is 1. The molecule has 3 N–H and O–H groups in total. The molecule has 1 aromatic rings. The zero-order valence-electron chi connectivity index (χ0n) is 11.1. The molecule has 0 spiro atoms. The molecule has 0 fully saturated rings. The van der Waals surface area contributed by atoms with Crippen LogP contribution < -0.4 is 10.6 Å². The van der Waals surface area contributed by atoms with Crippen molar-refractivity contribution in [3.8, 4) is 0 Å². The molecule has 0 aromatic carbocycles. The Kier molecular flexibility index (Phi) is 7.84. The number of imidazole rings is 1. The molecule has 0 saturated heterocycles. The third-order valence-electron chi connectivity index (χ3n) is 2.52. The summed E-state index contributed by atoms with van der Waals surface area (Å²) in [6.07, 6.45) is 4.10. The van der Waals surface area contributed by atoms with Gasteiger partial charge in [0.05, 0.1) is 12.0 Å². The number of rotatable bonds is 8. The second kappa shape index (κ2) is 9.22. The van der Waals surface area contributed by atoms with Crippen molar-refractivity contribution in [3.05, 3.63) is 17.7 Å². The average Bonchev–Trinajstić information content (AvgIpc) is 2.75. The van der Waals surface area contributed by atoms with E-state index in [-0.39, 0.29) is 0 Å². The lowest BCUT2D eigenvalue weighted by molar-refractivity contribution is 0.743. The molecule has 0 saturated carbocycles. The lowest BCUT2D eigenvalue weighted by atomic mass is 10.3. The molecule has 1 heterocycles. The number of aryl methyl sites for hydroxylation is 1. The molecule has 1 rings (SSSR count). The number of thiocarbonyl (C=S) groups is 1. The van der Waals surface area contributed by atoms with E-state index in [0.29, 0.717) is 0 Å². The Morgan fingerprint density at radius 2 is 2.22 bits per heavy atom. The predicted molar refractivity (Wildman–Crippen MR) is 83.0 cm³/mol. The smallest absolute Gasteiger partial charge is 0.166 e. The SMILES string of the molecule is CCCCNC(=S)NCCSCc1nc[nH]c1C. The fraction of sp³-hybridized carbons (Fsp3) is 0.667. The van der Waals surface area contributed by atoms with Gasteiger partial charge in [-0.05, 0) is 25.6 Å². The Bertz CT molecular complexity index is 352. The van der Waals surface area contributed by atoms with E-state index in [0.717, 1.165) is 47.5 Å². The highest BCUT2D eigenvalue weighted by molar-refractivity contribution is 7.98. The molecule has 1 aromatic heterocycles. The number of aromatic amines is 1. The first-order chi connectivity index (χ1) is 8.74. The van der Waals surface area contributed by atoms with Gasteiger partial charge in [0, 0.05) is 30.3 Å². The van der Waals surface area contributed by atoms with Crippen LogP contribution in [-0.4, -0.2) is 33.9 Å². The zero-order valence-corrected chi connectivity index (χ0v) is 12.7. The highest BCUT2D eigenvalue weighted by Gasteiger charge is 2.00. The highest BCUT2D eigenvalue weighted by Crippen LogP contribution is 2.11. The molecule has 0 aliphatic heterocycles. The van der Waals surface area contributed by atoms with Gasteiger partial charge in [0.1, 0.15) is 0 Å². The van der Waals surface area contributed by atoms with E-state index in [2.05, 4.69) is 27.5 Å². The fourth-order valence-corrected chi connectivity index (χ4v) is 2.46. The van der Waals surface area contributed by atoms with Crippen molar-refractivity contribution < 1.29 is 0 Å². The van der Waals surface area contributed by atoms with E-state index in [1.807, 2.05) is 18.7 Å². The molecule has 4 nitrogen and oxygen atoms in total. The first-order valence-corrected chi connectivity index (χ1v) is 7.88. The Labute approximate surface area is 119 Å². The Hall–Kier alpha value is -0.750. The summed E-state index contributed by atoms with van der Waals surface area (Å²) >= 11 is 7.03. The van der Waals surface area contributed by atoms with Crippen LogP contribution in [0.25, 0.3) is 0 Å². The number of unbranched alkanes of at least 4 members (excludes halogenated alkanes) is 1. The largest absolute Gasteiger partial charge is 0.363 e. The van der Waals surface area contributed by atoms with Crippen LogP contribution in [0, 0.1) is 6.92 Å². The summed E-state index contributed by atoms with van der Waals surface area (Å²) < 4.78 is 0. The van der Waals surface area contributed by atoms with E-state index in [1.54, 1.807) is 6.33 Å². The maximum Gasteiger partial charge on any atom is 0.166 e. The van der Waals surface area contributed by atoms with E-state index in [1.165, 1.54) is 6.42 Å². The van der Waals surface area contributed by atoms with Crippen LogP contribution >= 0.6 is 24.0 Å². The van der Waals surface area contributed by atoms with Gasteiger partial charge in [-0.1, -0.05) is 13.3 Å². The first-order valence-electron chi connectivity index (χ1n) is 6.32. The lowest BCUT2D eigenvalue weighted by Gasteiger charge is -2.09. The first kappa shape index (κ1) is 15.3. The van der Waals surface area contributed by atoms with Crippen molar-refractivity contribution in [3.63, 3.8) is 0 Å². The highest BCUT2D eigenvalue weighted by atomic mass is 32.2. The summed E-state index contributed by atoms with van der Waals surface area (Å²) in [6.45, 7) is 6.08. The molecule has 0 bridgehead atoms. The summed E-state index contributed by atoms with van der Waals surface area (Å²) in [5.41, 5.74) is 2.30. The van der Waals surface area contributed by atoms with Crippen molar-refractivity contribution in [2.75, 3.05) is 18.8 Å². The van der Waals surface area contributed by atoms with Crippen molar-refractivity contribution in [2.45, 2.75) is 32.4 Å². The number of hydrogen-bond donors (Lipinski definition) is 3. The quantitative estimate of drug-likeness (QED) is 0.505. The Morgan fingerprint density at radius 1 is 1.44 bits per heavy atom. The van der Waals surface area contributed by atoms with Crippen LogP contribution in [-0.2, 0) is 5.75 Å². The molecule has 0 unspecified atom stereocenters. The standard InChI is InChI=1S/C12H22N4S2/c1-3-4-5-13-12(17)14-6-7-18-8-11-10(2)15-9-16-11/h9H,3-8H2,1-2H3,(H,15,16)(H2,13,14,17). The summed E-state index contributed by atoms with van der Waals surface area (Å²) in [5.74, 6) is 1.98. The van der Waals surface area contributed by atoms with Gasteiger partial charge < -0.3 is 15.6 Å². The number of thioether (sulfide) groups is 1. The number of aromatic nitrogens is 2. The van der Waals surface area contributed by atoms with Crippen LogP contribution in [0.2, 0.25) is 0 Å². The third kappa shape index (κ3) is 6.26. The molecule has 0 aliphatic carbocycles. The van der Waals surface area contributed by atoms with Gasteiger partial charge in [0.25, 0.3) is 0 Å². The van der Waals surface area contributed by atoms with Gasteiger partial charge >= 0.3 is 0 Å². The van der Waals surface area contributed by atoms with Gasteiger partial charge in [-0.25, -0.2) is 4.98 Å². The second-order valence-corrected chi connectivity index (χ2v) is 5.58. The molecule has 0 aliphatic rings. The van der Waals surface area contributed by atoms with Crippen LogP contribution in [0.4, 0.5) is 0 Å². The van der Waals surface area contributed by atoms with E-state index < -0.39 is 0 Å². The maximum atomic E-state index is 5.17. The summed E-state index contributed by atoms with van der Waals surface area (Å²) in [4.78, 5) is 7.35. The van der Waals surface area contributed by atoms with Gasteiger partial charge in [0.15, 0.2) is 5.11 Å². The maximum absolute atomic E-state index is 5.17. The van der Waals surface area contributed by atoms with Gasteiger partial charge in [-0.3, -0.25) is 0 Å². The molecule has 6 heteroatoms. The molecular formula is C12H22N4S2. The lowest BCUT2D eigenvalue weighted by Crippen LogP contribution is -2.36. The number of nitrogens with one attached hydrogen (secondary N) is 3. The number of H-pyrrole nitrogens is 1. The third-order valence-corrected chi connectivity index (χ3v) is 3.78. The topological polar surface area (TPSA) is 52.7 Å². The van der Waals surface area contributed by atoms with Gasteiger partial charge in [-0.15, -0.1) is 0 Å². The summed E-state index contributed by atoms with van der Waals surface area (Å²) in [6, 6.07) is 0. The predicted octanol–water partition coefficient (Wildman–Crippen LogP) is 2.22. The van der Waals surface area contributed by atoms with Crippen molar-refractivity contribution >= 4 is 29.1 Å². The van der Waals surface area contributed by atoms with Crippen molar-refractivity contribution in [2.24, 2.45) is 0 Å². The molecule has 102 valence electrons.